The number of aliphatic hydroxyl groups is 1. The quantitative estimate of drug-likeness (QED) is 0.793. The van der Waals surface area contributed by atoms with Gasteiger partial charge in [0.2, 0.25) is 0 Å². The van der Waals surface area contributed by atoms with Crippen LogP contribution in [0, 0.1) is 11.3 Å². The van der Waals surface area contributed by atoms with E-state index in [-0.39, 0.29) is 11.5 Å². The van der Waals surface area contributed by atoms with E-state index in [1.165, 1.54) is 4.90 Å². The lowest BCUT2D eigenvalue weighted by atomic mass is 9.67. The molecule has 1 aliphatic heterocycles. The molecular weight excluding hydrogens is 234 g/mol. The van der Waals surface area contributed by atoms with E-state index < -0.39 is 5.60 Å². The van der Waals surface area contributed by atoms with Crippen molar-refractivity contribution in [2.24, 2.45) is 11.3 Å². The Balaban J connectivity index is 2.37. The number of likely N-dealkylation sites (tertiary alicyclic amines) is 1. The fourth-order valence-corrected chi connectivity index (χ4v) is 3.30. The Bertz CT molecular complexity index is 423. The van der Waals surface area contributed by atoms with Gasteiger partial charge in [-0.25, -0.2) is 0 Å². The maximum Gasteiger partial charge on any atom is 0.141 e. The largest absolute Gasteiger partial charge is 0.379 e. The minimum atomic E-state index is -0.707. The van der Waals surface area contributed by atoms with Crippen LogP contribution in [0.3, 0.4) is 0 Å². The van der Waals surface area contributed by atoms with Gasteiger partial charge in [-0.15, -0.1) is 0 Å². The molecule has 1 fully saturated rings. The Labute approximate surface area is 117 Å². The summed E-state index contributed by atoms with van der Waals surface area (Å²) >= 11 is 0. The molecule has 1 heterocycles. The number of rotatable bonds is 1. The van der Waals surface area contributed by atoms with Gasteiger partial charge in [0.15, 0.2) is 0 Å². The van der Waals surface area contributed by atoms with Crippen molar-refractivity contribution in [3.05, 3.63) is 35.9 Å². The number of likely N-dealkylation sites (N-methyl/N-ethyl adjacent to an activating group) is 1. The third-order valence-electron chi connectivity index (χ3n) is 5.08. The summed E-state index contributed by atoms with van der Waals surface area (Å²) in [6, 6.07) is 10.4. The number of hydrogen-bond donors (Lipinski definition) is 2. The van der Waals surface area contributed by atoms with Crippen molar-refractivity contribution in [1.82, 2.24) is 0 Å². The first kappa shape index (κ1) is 14.5. The average molecular weight is 262 g/mol. The van der Waals surface area contributed by atoms with Crippen molar-refractivity contribution in [2.45, 2.75) is 45.8 Å². The van der Waals surface area contributed by atoms with E-state index in [0.717, 1.165) is 18.5 Å². The van der Waals surface area contributed by atoms with Crippen molar-refractivity contribution in [2.75, 3.05) is 13.6 Å². The van der Waals surface area contributed by atoms with E-state index in [1.54, 1.807) is 0 Å². The topological polar surface area (TPSA) is 24.7 Å². The molecular formula is C17H28NO+. The van der Waals surface area contributed by atoms with Crippen LogP contribution in [0.5, 0.6) is 0 Å². The van der Waals surface area contributed by atoms with Crippen LogP contribution in [0.4, 0.5) is 0 Å². The summed E-state index contributed by atoms with van der Waals surface area (Å²) in [5.41, 5.74) is 0.599. The first-order valence-corrected chi connectivity index (χ1v) is 7.35. The van der Waals surface area contributed by atoms with Gasteiger partial charge in [-0.1, -0.05) is 51.1 Å². The van der Waals surface area contributed by atoms with Crippen molar-refractivity contribution in [3.63, 3.8) is 0 Å². The summed E-state index contributed by atoms with van der Waals surface area (Å²) in [6.45, 7) is 10.2. The molecule has 19 heavy (non-hydrogen) atoms. The van der Waals surface area contributed by atoms with Crippen molar-refractivity contribution >= 4 is 0 Å². The van der Waals surface area contributed by atoms with Crippen LogP contribution in [0.25, 0.3) is 0 Å². The van der Waals surface area contributed by atoms with Gasteiger partial charge in [0.05, 0.1) is 13.6 Å². The molecule has 0 amide bonds. The highest BCUT2D eigenvalue weighted by atomic mass is 16.3. The Hall–Kier alpha value is -0.860. The van der Waals surface area contributed by atoms with Gasteiger partial charge >= 0.3 is 0 Å². The van der Waals surface area contributed by atoms with E-state index in [9.17, 15) is 5.11 Å². The number of hydrogen-bond acceptors (Lipinski definition) is 1. The van der Waals surface area contributed by atoms with Gasteiger partial charge < -0.3 is 10.0 Å². The Morgan fingerprint density at radius 2 is 1.79 bits per heavy atom. The van der Waals surface area contributed by atoms with Gasteiger partial charge in [-0.2, -0.15) is 0 Å². The number of benzene rings is 1. The molecule has 0 bridgehead atoms. The predicted octanol–water partition coefficient (Wildman–Crippen LogP) is 1.84. The minimum Gasteiger partial charge on any atom is -0.379 e. The predicted molar refractivity (Wildman–Crippen MR) is 79.1 cm³/mol. The molecule has 2 rings (SSSR count). The molecule has 0 spiro atoms. The van der Waals surface area contributed by atoms with Crippen LogP contribution in [-0.2, 0) is 5.60 Å². The molecule has 1 aliphatic rings. The maximum absolute atomic E-state index is 11.3. The first-order valence-electron chi connectivity index (χ1n) is 7.35. The van der Waals surface area contributed by atoms with Gasteiger partial charge in [0, 0.05) is 5.92 Å². The van der Waals surface area contributed by atoms with Crippen LogP contribution >= 0.6 is 0 Å². The van der Waals surface area contributed by atoms with E-state index in [4.69, 9.17) is 0 Å². The van der Waals surface area contributed by atoms with Gasteiger partial charge in [-0.3, -0.25) is 0 Å². The normalized spacial score (nSPS) is 36.2. The number of piperidine rings is 1. The third kappa shape index (κ3) is 2.70. The smallest absolute Gasteiger partial charge is 0.141 e. The summed E-state index contributed by atoms with van der Waals surface area (Å²) in [5.74, 6) is 0.536. The second kappa shape index (κ2) is 4.92. The van der Waals surface area contributed by atoms with Gasteiger partial charge in [0.1, 0.15) is 11.6 Å². The summed E-state index contributed by atoms with van der Waals surface area (Å²) in [5, 5.41) is 11.3. The van der Waals surface area contributed by atoms with Crippen LogP contribution in [0.15, 0.2) is 30.3 Å². The highest BCUT2D eigenvalue weighted by Crippen LogP contribution is 2.40. The maximum atomic E-state index is 11.3. The zero-order valence-corrected chi connectivity index (χ0v) is 12.9. The molecule has 4 atom stereocenters. The molecule has 1 aromatic rings. The fraction of sp³-hybridized carbons (Fsp3) is 0.647. The molecule has 0 radical (unpaired) electrons. The number of nitrogens with one attached hydrogen (secondary N) is 1. The van der Waals surface area contributed by atoms with Crippen LogP contribution in [0.1, 0.15) is 39.7 Å². The molecule has 1 unspecified atom stereocenters. The van der Waals surface area contributed by atoms with Crippen molar-refractivity contribution < 1.29 is 10.0 Å². The van der Waals surface area contributed by atoms with Crippen molar-refractivity contribution in [1.29, 1.82) is 0 Å². The van der Waals surface area contributed by atoms with Crippen LogP contribution in [-0.4, -0.2) is 24.7 Å². The Morgan fingerprint density at radius 1 is 1.21 bits per heavy atom. The summed E-state index contributed by atoms with van der Waals surface area (Å²) in [7, 11) is 2.20. The zero-order chi connectivity index (χ0) is 14.3. The minimum absolute atomic E-state index is 0.230. The first-order chi connectivity index (χ1) is 8.75. The summed E-state index contributed by atoms with van der Waals surface area (Å²) in [6.07, 6.45) is 0.860. The molecule has 0 saturated carbocycles. The van der Waals surface area contributed by atoms with E-state index in [0.29, 0.717) is 5.92 Å². The van der Waals surface area contributed by atoms with E-state index in [1.807, 2.05) is 18.2 Å². The lowest BCUT2D eigenvalue weighted by molar-refractivity contribution is -0.924. The van der Waals surface area contributed by atoms with E-state index >= 15 is 0 Å². The molecule has 2 N–H and O–H groups in total. The lowest BCUT2D eigenvalue weighted by Gasteiger charge is -2.48. The zero-order valence-electron chi connectivity index (χ0n) is 12.9. The van der Waals surface area contributed by atoms with Crippen molar-refractivity contribution in [3.8, 4) is 0 Å². The van der Waals surface area contributed by atoms with Crippen LogP contribution < -0.4 is 4.90 Å². The monoisotopic (exact) mass is 262 g/mol. The highest BCUT2D eigenvalue weighted by Gasteiger charge is 2.49. The molecule has 2 heteroatoms. The second-order valence-corrected chi connectivity index (χ2v) is 7.33. The average Bonchev–Trinajstić information content (AvgIpc) is 2.35. The van der Waals surface area contributed by atoms with Gasteiger partial charge in [-0.05, 0) is 24.3 Å². The summed E-state index contributed by atoms with van der Waals surface area (Å²) < 4.78 is 0. The fourth-order valence-electron chi connectivity index (χ4n) is 3.30. The highest BCUT2D eigenvalue weighted by molar-refractivity contribution is 5.24. The molecule has 0 aliphatic carbocycles. The Morgan fingerprint density at radius 3 is 2.32 bits per heavy atom. The standard InChI is InChI=1S/C17H27NO/c1-13-17(19,14-9-7-6-8-10-14)11-15(12-18(13)5)16(2,3)4/h6-10,13,15,19H,11-12H2,1-5H3/p+1/t13-,15-,17+/m0/s1. The molecule has 1 aromatic carbocycles. The SMILES string of the molecule is C[C@@H]1[NH+](C)C[C@@H](C(C)(C)C)C[C@]1(O)c1ccccc1. The molecule has 1 saturated heterocycles. The lowest BCUT2D eigenvalue weighted by Crippen LogP contribution is -3.16. The molecule has 0 aromatic heterocycles. The number of quaternary nitrogens is 1. The van der Waals surface area contributed by atoms with Crippen LogP contribution in [0.2, 0.25) is 0 Å². The summed E-state index contributed by atoms with van der Waals surface area (Å²) in [4.78, 5) is 1.43. The second-order valence-electron chi connectivity index (χ2n) is 7.33. The molecule has 106 valence electrons. The third-order valence-corrected chi connectivity index (χ3v) is 5.08. The Kier molecular flexibility index (Phi) is 3.76. The van der Waals surface area contributed by atoms with E-state index in [2.05, 4.69) is 46.9 Å². The van der Waals surface area contributed by atoms with Gasteiger partial charge in [0.25, 0.3) is 0 Å². The molecule has 2 nitrogen and oxygen atoms in total.